The molecule has 0 aliphatic heterocycles. The summed E-state index contributed by atoms with van der Waals surface area (Å²) in [6, 6.07) is 0. The number of hydrogen-bond acceptors (Lipinski definition) is 1. The predicted octanol–water partition coefficient (Wildman–Crippen LogP) is 3.20. The maximum absolute atomic E-state index is 3.70. The molecular weight excluding hydrogens is 146 g/mol. The molecule has 0 saturated heterocycles. The molecule has 0 bridgehead atoms. The zero-order chi connectivity index (χ0) is 9.40. The highest BCUT2D eigenvalue weighted by atomic mass is 15.1. The van der Waals surface area contributed by atoms with Crippen LogP contribution >= 0.6 is 0 Å². The Morgan fingerprint density at radius 1 is 1.25 bits per heavy atom. The van der Waals surface area contributed by atoms with E-state index in [4.69, 9.17) is 0 Å². The highest BCUT2D eigenvalue weighted by Crippen LogP contribution is 2.05. The Bertz CT molecular complexity index is 141. The van der Waals surface area contributed by atoms with Crippen LogP contribution in [0.5, 0.6) is 0 Å². The first-order valence-corrected chi connectivity index (χ1v) is 4.80. The van der Waals surface area contributed by atoms with Crippen LogP contribution in [0.2, 0.25) is 0 Å². The molecule has 12 heavy (non-hydrogen) atoms. The van der Waals surface area contributed by atoms with Crippen LogP contribution in [0.1, 0.15) is 33.6 Å². The van der Waals surface area contributed by atoms with E-state index in [-0.39, 0.29) is 0 Å². The molecule has 0 heterocycles. The first-order valence-electron chi connectivity index (χ1n) is 4.80. The van der Waals surface area contributed by atoms with Crippen molar-refractivity contribution in [1.82, 2.24) is 4.90 Å². The van der Waals surface area contributed by atoms with Gasteiger partial charge in [0.05, 0.1) is 0 Å². The average molecular weight is 167 g/mol. The van der Waals surface area contributed by atoms with Crippen molar-refractivity contribution < 1.29 is 0 Å². The fraction of sp³-hybridized carbons (Fsp3) is 0.636. The van der Waals surface area contributed by atoms with E-state index < -0.39 is 0 Å². The van der Waals surface area contributed by atoms with Gasteiger partial charge in [0.15, 0.2) is 0 Å². The van der Waals surface area contributed by atoms with Gasteiger partial charge in [-0.2, -0.15) is 0 Å². The minimum absolute atomic E-state index is 1.16. The molecule has 1 nitrogen and oxygen atoms in total. The van der Waals surface area contributed by atoms with Crippen molar-refractivity contribution in [1.29, 1.82) is 0 Å². The van der Waals surface area contributed by atoms with E-state index in [1.807, 2.05) is 6.08 Å². The average Bonchev–Trinajstić information content (AvgIpc) is 2.04. The van der Waals surface area contributed by atoms with E-state index in [2.05, 4.69) is 38.3 Å². The molecule has 0 radical (unpaired) electrons. The standard InChI is InChI=1S/C11H21N/c1-5-8-11(4)12(9-6-2)10-7-3/h5,8H,1,6-7,9-10H2,2-4H3/b11-8+. The van der Waals surface area contributed by atoms with E-state index >= 15 is 0 Å². The lowest BCUT2D eigenvalue weighted by molar-refractivity contribution is 0.345. The van der Waals surface area contributed by atoms with Gasteiger partial charge in [-0.1, -0.05) is 26.5 Å². The van der Waals surface area contributed by atoms with Gasteiger partial charge in [0.2, 0.25) is 0 Å². The zero-order valence-corrected chi connectivity index (χ0v) is 8.64. The van der Waals surface area contributed by atoms with Gasteiger partial charge < -0.3 is 4.90 Å². The first-order chi connectivity index (χ1) is 5.76. The van der Waals surface area contributed by atoms with Crippen molar-refractivity contribution in [3.63, 3.8) is 0 Å². The highest BCUT2D eigenvalue weighted by Gasteiger charge is 2.00. The molecule has 0 unspecified atom stereocenters. The monoisotopic (exact) mass is 167 g/mol. The van der Waals surface area contributed by atoms with Gasteiger partial charge >= 0.3 is 0 Å². The van der Waals surface area contributed by atoms with Gasteiger partial charge in [-0.15, -0.1) is 0 Å². The summed E-state index contributed by atoms with van der Waals surface area (Å²) in [7, 11) is 0. The molecule has 1 heteroatoms. The summed E-state index contributed by atoms with van der Waals surface area (Å²) >= 11 is 0. The third kappa shape index (κ3) is 4.22. The fourth-order valence-corrected chi connectivity index (χ4v) is 1.28. The molecule has 0 aromatic heterocycles. The zero-order valence-electron chi connectivity index (χ0n) is 8.64. The molecule has 0 fully saturated rings. The van der Waals surface area contributed by atoms with Crippen molar-refractivity contribution >= 4 is 0 Å². The summed E-state index contributed by atoms with van der Waals surface area (Å²) in [6.07, 6.45) is 6.35. The lowest BCUT2D eigenvalue weighted by Gasteiger charge is -2.23. The summed E-state index contributed by atoms with van der Waals surface area (Å²) in [4.78, 5) is 2.40. The van der Waals surface area contributed by atoms with Crippen molar-refractivity contribution in [2.24, 2.45) is 0 Å². The van der Waals surface area contributed by atoms with Crippen molar-refractivity contribution in [2.75, 3.05) is 13.1 Å². The predicted molar refractivity (Wildman–Crippen MR) is 56.1 cm³/mol. The van der Waals surface area contributed by atoms with Crippen LogP contribution in [-0.4, -0.2) is 18.0 Å². The number of nitrogens with zero attached hydrogens (tertiary/aromatic N) is 1. The van der Waals surface area contributed by atoms with Crippen LogP contribution in [0.3, 0.4) is 0 Å². The Hall–Kier alpha value is -0.720. The molecule has 70 valence electrons. The molecule has 0 spiro atoms. The smallest absolute Gasteiger partial charge is 0.0172 e. The van der Waals surface area contributed by atoms with Gasteiger partial charge in [-0.3, -0.25) is 0 Å². The second-order valence-electron chi connectivity index (χ2n) is 3.03. The van der Waals surface area contributed by atoms with Gasteiger partial charge in [-0.05, 0) is 25.8 Å². The summed E-state index contributed by atoms with van der Waals surface area (Å²) in [6.45, 7) is 12.6. The molecule has 0 aliphatic carbocycles. The summed E-state index contributed by atoms with van der Waals surface area (Å²) < 4.78 is 0. The summed E-state index contributed by atoms with van der Waals surface area (Å²) in [5.74, 6) is 0. The SMILES string of the molecule is C=C/C=C(\C)N(CCC)CCC. The lowest BCUT2D eigenvalue weighted by Crippen LogP contribution is -2.23. The van der Waals surface area contributed by atoms with Gasteiger partial charge in [0, 0.05) is 18.8 Å². The van der Waals surface area contributed by atoms with Gasteiger partial charge in [-0.25, -0.2) is 0 Å². The topological polar surface area (TPSA) is 3.24 Å². The largest absolute Gasteiger partial charge is 0.375 e. The minimum atomic E-state index is 1.16. The van der Waals surface area contributed by atoms with Gasteiger partial charge in [0.1, 0.15) is 0 Å². The van der Waals surface area contributed by atoms with Crippen molar-refractivity contribution in [3.05, 3.63) is 24.4 Å². The Kier molecular flexibility index (Phi) is 6.54. The third-order valence-corrected chi connectivity index (χ3v) is 1.84. The third-order valence-electron chi connectivity index (χ3n) is 1.84. The number of rotatable bonds is 6. The molecular formula is C11H21N. The minimum Gasteiger partial charge on any atom is -0.375 e. The second kappa shape index (κ2) is 6.96. The molecule has 0 atom stereocenters. The lowest BCUT2D eigenvalue weighted by atomic mass is 10.3. The van der Waals surface area contributed by atoms with E-state index in [1.165, 1.54) is 18.5 Å². The maximum atomic E-state index is 3.70. The van der Waals surface area contributed by atoms with Crippen LogP contribution in [0.25, 0.3) is 0 Å². The van der Waals surface area contributed by atoms with Crippen LogP contribution < -0.4 is 0 Å². The molecule has 0 amide bonds. The molecule has 0 rings (SSSR count). The number of hydrogen-bond donors (Lipinski definition) is 0. The Morgan fingerprint density at radius 2 is 1.75 bits per heavy atom. The van der Waals surface area contributed by atoms with E-state index in [0.29, 0.717) is 0 Å². The highest BCUT2D eigenvalue weighted by molar-refractivity contribution is 5.06. The van der Waals surface area contributed by atoms with E-state index in [0.717, 1.165) is 13.1 Å². The summed E-state index contributed by atoms with van der Waals surface area (Å²) in [5.41, 5.74) is 1.33. The quantitative estimate of drug-likeness (QED) is 0.549. The molecule has 0 saturated carbocycles. The number of allylic oxidation sites excluding steroid dienone is 3. The normalized spacial score (nSPS) is 11.4. The van der Waals surface area contributed by atoms with E-state index in [1.54, 1.807) is 0 Å². The Balaban J connectivity index is 4.07. The van der Waals surface area contributed by atoms with Crippen molar-refractivity contribution in [2.45, 2.75) is 33.6 Å². The maximum Gasteiger partial charge on any atom is 0.0172 e. The van der Waals surface area contributed by atoms with E-state index in [9.17, 15) is 0 Å². The molecule has 0 N–H and O–H groups in total. The van der Waals surface area contributed by atoms with Crippen LogP contribution in [0.15, 0.2) is 24.4 Å². The fourth-order valence-electron chi connectivity index (χ4n) is 1.28. The molecule has 0 aromatic rings. The van der Waals surface area contributed by atoms with Crippen LogP contribution in [-0.2, 0) is 0 Å². The van der Waals surface area contributed by atoms with Crippen LogP contribution in [0, 0.1) is 0 Å². The second-order valence-corrected chi connectivity index (χ2v) is 3.03. The summed E-state index contributed by atoms with van der Waals surface area (Å²) in [5, 5.41) is 0. The Morgan fingerprint density at radius 3 is 2.08 bits per heavy atom. The Labute approximate surface area is 76.8 Å². The molecule has 0 aromatic carbocycles. The first kappa shape index (κ1) is 11.3. The molecule has 0 aliphatic rings. The van der Waals surface area contributed by atoms with Gasteiger partial charge in [0.25, 0.3) is 0 Å². The van der Waals surface area contributed by atoms with Crippen LogP contribution in [0.4, 0.5) is 0 Å². The van der Waals surface area contributed by atoms with Crippen molar-refractivity contribution in [3.8, 4) is 0 Å².